The van der Waals surface area contributed by atoms with Crippen molar-refractivity contribution in [3.8, 4) is 17.2 Å². The van der Waals surface area contributed by atoms with Crippen molar-refractivity contribution in [2.24, 2.45) is 5.73 Å². The number of hydrogen-bond donors (Lipinski definition) is 5. The number of carbonyl (C=O) groups is 1. The lowest BCUT2D eigenvalue weighted by atomic mass is 10.1. The molecule has 0 heterocycles. The number of phenols is 3. The second-order valence-electron chi connectivity index (χ2n) is 2.72. The molecule has 15 heavy (non-hydrogen) atoms. The van der Waals surface area contributed by atoms with Gasteiger partial charge < -0.3 is 26.2 Å². The third kappa shape index (κ3) is 2.64. The number of rotatable bonds is 2. The first-order valence-electron chi connectivity index (χ1n) is 3.66. The Kier molecular flexibility index (Phi) is 4.20. The Morgan fingerprint density at radius 3 is 1.93 bits per heavy atom. The van der Waals surface area contributed by atoms with Crippen molar-refractivity contribution in [1.29, 1.82) is 0 Å². The second kappa shape index (κ2) is 4.72. The monoisotopic (exact) mass is 235 g/mol. The van der Waals surface area contributed by atoms with Gasteiger partial charge in [-0.25, -0.2) is 0 Å². The van der Waals surface area contributed by atoms with Crippen molar-refractivity contribution < 1.29 is 25.2 Å². The molecule has 0 saturated carbocycles. The third-order valence-corrected chi connectivity index (χ3v) is 1.72. The van der Waals surface area contributed by atoms with Crippen LogP contribution < -0.4 is 5.73 Å². The average molecular weight is 236 g/mol. The number of nitrogens with two attached hydrogens (primary N) is 1. The lowest BCUT2D eigenvalue weighted by molar-refractivity contribution is -0.138. The summed E-state index contributed by atoms with van der Waals surface area (Å²) in [5, 5.41) is 35.6. The van der Waals surface area contributed by atoms with Crippen LogP contribution in [0.3, 0.4) is 0 Å². The molecule has 0 aliphatic rings. The molecule has 0 radical (unpaired) electrons. The highest BCUT2D eigenvalue weighted by Gasteiger charge is 2.18. The Balaban J connectivity index is 0.00000196. The fourth-order valence-electron chi connectivity index (χ4n) is 0.947. The van der Waals surface area contributed by atoms with E-state index in [1.807, 2.05) is 0 Å². The Morgan fingerprint density at radius 2 is 1.60 bits per heavy atom. The lowest BCUT2D eigenvalue weighted by Gasteiger charge is -2.08. The van der Waals surface area contributed by atoms with E-state index in [0.717, 1.165) is 12.1 Å². The largest absolute Gasteiger partial charge is 0.504 e. The summed E-state index contributed by atoms with van der Waals surface area (Å²) in [6, 6.07) is 0.606. The normalized spacial score (nSPS) is 11.5. The van der Waals surface area contributed by atoms with E-state index in [0.29, 0.717) is 0 Å². The molecule has 1 rings (SSSR count). The summed E-state index contributed by atoms with van der Waals surface area (Å²) in [4.78, 5) is 10.5. The Bertz CT molecular complexity index is 358. The van der Waals surface area contributed by atoms with Gasteiger partial charge in [0.1, 0.15) is 6.04 Å². The van der Waals surface area contributed by atoms with Gasteiger partial charge in [0.05, 0.1) is 0 Å². The first kappa shape index (κ1) is 13.3. The lowest BCUT2D eigenvalue weighted by Crippen LogP contribution is -2.20. The minimum atomic E-state index is -1.35. The van der Waals surface area contributed by atoms with Gasteiger partial charge in [0.25, 0.3) is 0 Å². The van der Waals surface area contributed by atoms with Crippen LogP contribution in [0.15, 0.2) is 12.1 Å². The maximum atomic E-state index is 10.5. The van der Waals surface area contributed by atoms with Crippen LogP contribution >= 0.6 is 12.4 Å². The molecule has 0 aliphatic heterocycles. The number of halogens is 1. The van der Waals surface area contributed by atoms with E-state index >= 15 is 0 Å². The first-order valence-corrected chi connectivity index (χ1v) is 3.66. The highest BCUT2D eigenvalue weighted by molar-refractivity contribution is 5.85. The molecule has 0 amide bonds. The number of carboxylic acid groups (broad SMARTS) is 1. The molecule has 0 aromatic heterocycles. The van der Waals surface area contributed by atoms with Gasteiger partial charge >= 0.3 is 5.97 Å². The molecule has 1 aromatic rings. The van der Waals surface area contributed by atoms with Crippen molar-refractivity contribution in [2.75, 3.05) is 0 Å². The standard InChI is InChI=1S/C8H9NO5.ClH/c9-6(8(13)14)3-1-4(10)7(12)5(11)2-3;/h1-2,6,10-12H,9H2,(H,13,14);1H. The molecule has 84 valence electrons. The van der Waals surface area contributed by atoms with Crippen molar-refractivity contribution in [1.82, 2.24) is 0 Å². The molecule has 0 bridgehead atoms. The fraction of sp³-hybridized carbons (Fsp3) is 0.125. The Labute approximate surface area is 91.0 Å². The third-order valence-electron chi connectivity index (χ3n) is 1.72. The van der Waals surface area contributed by atoms with Crippen molar-refractivity contribution >= 4 is 18.4 Å². The SMILES string of the molecule is Cl.NC(C(=O)O)c1cc(O)c(O)c(O)c1. The summed E-state index contributed by atoms with van der Waals surface area (Å²) in [6.07, 6.45) is 0. The minimum absolute atomic E-state index is 0. The minimum Gasteiger partial charge on any atom is -0.504 e. The van der Waals surface area contributed by atoms with Crippen LogP contribution in [0.5, 0.6) is 17.2 Å². The van der Waals surface area contributed by atoms with Gasteiger partial charge in [-0.3, -0.25) is 4.79 Å². The van der Waals surface area contributed by atoms with Gasteiger partial charge in [-0.2, -0.15) is 0 Å². The summed E-state index contributed by atoms with van der Waals surface area (Å²) in [7, 11) is 0. The van der Waals surface area contributed by atoms with Gasteiger partial charge in [-0.1, -0.05) is 0 Å². The number of aromatic hydroxyl groups is 3. The molecule has 0 saturated heterocycles. The van der Waals surface area contributed by atoms with Crippen LogP contribution in [0.4, 0.5) is 0 Å². The predicted molar refractivity (Wildman–Crippen MR) is 53.2 cm³/mol. The summed E-state index contributed by atoms with van der Waals surface area (Å²) < 4.78 is 0. The van der Waals surface area contributed by atoms with Gasteiger partial charge in [0, 0.05) is 0 Å². The van der Waals surface area contributed by atoms with Crippen LogP contribution in [0.25, 0.3) is 0 Å². The van der Waals surface area contributed by atoms with E-state index in [1.165, 1.54) is 0 Å². The van der Waals surface area contributed by atoms with Crippen LogP contribution in [0.1, 0.15) is 11.6 Å². The summed E-state index contributed by atoms with van der Waals surface area (Å²) in [5.74, 6) is -3.23. The van der Waals surface area contributed by atoms with Crippen molar-refractivity contribution in [2.45, 2.75) is 6.04 Å². The Morgan fingerprint density at radius 1 is 1.20 bits per heavy atom. The summed E-state index contributed by atoms with van der Waals surface area (Å²) in [6.45, 7) is 0. The highest BCUT2D eigenvalue weighted by atomic mass is 35.5. The van der Waals surface area contributed by atoms with Crippen LogP contribution in [0.2, 0.25) is 0 Å². The molecule has 1 aromatic carbocycles. The van der Waals surface area contributed by atoms with E-state index in [4.69, 9.17) is 26.2 Å². The molecule has 0 fully saturated rings. The topological polar surface area (TPSA) is 124 Å². The maximum absolute atomic E-state index is 10.5. The number of hydrogen-bond acceptors (Lipinski definition) is 5. The first-order chi connectivity index (χ1) is 6.43. The number of carboxylic acids is 1. The zero-order valence-corrected chi connectivity index (χ0v) is 8.23. The predicted octanol–water partition coefficient (Wildman–Crippen LogP) is 0.310. The molecular weight excluding hydrogens is 226 g/mol. The zero-order chi connectivity index (χ0) is 10.9. The Hall–Kier alpha value is -1.66. The molecule has 6 N–H and O–H groups in total. The molecule has 0 spiro atoms. The molecule has 6 nitrogen and oxygen atoms in total. The second-order valence-corrected chi connectivity index (χ2v) is 2.72. The van der Waals surface area contributed by atoms with E-state index < -0.39 is 29.3 Å². The smallest absolute Gasteiger partial charge is 0.325 e. The highest BCUT2D eigenvalue weighted by Crippen LogP contribution is 2.36. The van der Waals surface area contributed by atoms with Crippen molar-refractivity contribution in [3.63, 3.8) is 0 Å². The van der Waals surface area contributed by atoms with Crippen LogP contribution in [0, 0.1) is 0 Å². The van der Waals surface area contributed by atoms with Gasteiger partial charge in [0.2, 0.25) is 0 Å². The zero-order valence-electron chi connectivity index (χ0n) is 7.41. The molecule has 1 atom stereocenters. The van der Waals surface area contributed by atoms with Crippen molar-refractivity contribution in [3.05, 3.63) is 17.7 Å². The molecule has 7 heteroatoms. The molecule has 1 unspecified atom stereocenters. The molecular formula is C8H10ClNO5. The van der Waals surface area contributed by atoms with E-state index in [9.17, 15) is 4.79 Å². The van der Waals surface area contributed by atoms with Gasteiger partial charge in [0.15, 0.2) is 17.2 Å². The van der Waals surface area contributed by atoms with Crippen LogP contribution in [-0.2, 0) is 4.79 Å². The van der Waals surface area contributed by atoms with E-state index in [-0.39, 0.29) is 18.0 Å². The number of phenolic OH excluding ortho intramolecular Hbond substituents is 3. The van der Waals surface area contributed by atoms with E-state index in [2.05, 4.69) is 0 Å². The molecule has 0 aliphatic carbocycles. The summed E-state index contributed by atoms with van der Waals surface area (Å²) in [5.41, 5.74) is 5.23. The maximum Gasteiger partial charge on any atom is 0.325 e. The fourth-order valence-corrected chi connectivity index (χ4v) is 0.947. The van der Waals surface area contributed by atoms with Gasteiger partial charge in [-0.05, 0) is 17.7 Å². The summed E-state index contributed by atoms with van der Waals surface area (Å²) >= 11 is 0. The van der Waals surface area contributed by atoms with E-state index in [1.54, 1.807) is 0 Å². The number of benzene rings is 1. The average Bonchev–Trinajstić information content (AvgIpc) is 2.12. The van der Waals surface area contributed by atoms with Crippen LogP contribution in [-0.4, -0.2) is 26.4 Å². The number of aliphatic carboxylic acids is 1. The quantitative estimate of drug-likeness (QED) is 0.470. The van der Waals surface area contributed by atoms with Gasteiger partial charge in [-0.15, -0.1) is 12.4 Å².